The monoisotopic (exact) mass is 403 g/mol. The van der Waals surface area contributed by atoms with Gasteiger partial charge in [-0.2, -0.15) is 0 Å². The van der Waals surface area contributed by atoms with Gasteiger partial charge in [-0.05, 0) is 56.2 Å². The highest BCUT2D eigenvalue weighted by Gasteiger charge is 2.23. The molecule has 30 heavy (non-hydrogen) atoms. The molecule has 2 aromatic carbocycles. The SMILES string of the molecule is Cc1ccc(CCC2CCN(C(=O)CCc3nnc(-c4ccccc4)o3)CC2)cc1. The van der Waals surface area contributed by atoms with Gasteiger partial charge in [-0.25, -0.2) is 0 Å². The Labute approximate surface area is 178 Å². The lowest BCUT2D eigenvalue weighted by atomic mass is 9.90. The molecule has 0 atom stereocenters. The van der Waals surface area contributed by atoms with E-state index < -0.39 is 0 Å². The van der Waals surface area contributed by atoms with Gasteiger partial charge in [0.1, 0.15) is 0 Å². The van der Waals surface area contributed by atoms with Crippen LogP contribution in [-0.2, 0) is 17.6 Å². The van der Waals surface area contributed by atoms with E-state index in [-0.39, 0.29) is 5.91 Å². The molecule has 0 aliphatic carbocycles. The Morgan fingerprint density at radius 2 is 1.73 bits per heavy atom. The van der Waals surface area contributed by atoms with Gasteiger partial charge in [0.2, 0.25) is 17.7 Å². The Hall–Kier alpha value is -2.95. The molecule has 5 nitrogen and oxygen atoms in total. The maximum Gasteiger partial charge on any atom is 0.247 e. The van der Waals surface area contributed by atoms with Gasteiger partial charge in [-0.3, -0.25) is 4.79 Å². The van der Waals surface area contributed by atoms with Crippen molar-refractivity contribution in [3.05, 3.63) is 71.6 Å². The van der Waals surface area contributed by atoms with Crippen LogP contribution in [-0.4, -0.2) is 34.1 Å². The highest BCUT2D eigenvalue weighted by molar-refractivity contribution is 5.76. The number of carbonyl (C=O) groups is 1. The first-order valence-corrected chi connectivity index (χ1v) is 10.9. The molecule has 3 aromatic rings. The molecule has 1 aliphatic heterocycles. The zero-order valence-corrected chi connectivity index (χ0v) is 17.6. The third-order valence-electron chi connectivity index (χ3n) is 5.97. The predicted octanol–water partition coefficient (Wildman–Crippen LogP) is 4.85. The predicted molar refractivity (Wildman–Crippen MR) is 117 cm³/mol. The minimum absolute atomic E-state index is 0.187. The van der Waals surface area contributed by atoms with E-state index in [1.807, 2.05) is 35.2 Å². The number of amides is 1. The van der Waals surface area contributed by atoms with E-state index in [9.17, 15) is 4.79 Å². The Morgan fingerprint density at radius 1 is 1.00 bits per heavy atom. The molecule has 2 heterocycles. The number of aryl methyl sites for hydroxylation is 3. The summed E-state index contributed by atoms with van der Waals surface area (Å²) in [5.41, 5.74) is 3.62. The molecule has 1 fully saturated rings. The molecule has 0 spiro atoms. The number of hydrogen-bond acceptors (Lipinski definition) is 4. The third-order valence-corrected chi connectivity index (χ3v) is 5.97. The Balaban J connectivity index is 1.19. The number of nitrogens with zero attached hydrogens (tertiary/aromatic N) is 3. The fourth-order valence-corrected chi connectivity index (χ4v) is 4.02. The first-order valence-electron chi connectivity index (χ1n) is 10.9. The molecule has 1 aliphatic rings. The lowest BCUT2D eigenvalue weighted by molar-refractivity contribution is -0.132. The largest absolute Gasteiger partial charge is 0.421 e. The number of piperidine rings is 1. The normalized spacial score (nSPS) is 14.8. The van der Waals surface area contributed by atoms with Crippen LogP contribution in [0.1, 0.15) is 42.7 Å². The van der Waals surface area contributed by atoms with E-state index in [0.29, 0.717) is 30.5 Å². The molecule has 5 heteroatoms. The Kier molecular flexibility index (Phi) is 6.57. The van der Waals surface area contributed by atoms with E-state index in [0.717, 1.165) is 37.9 Å². The minimum Gasteiger partial charge on any atom is -0.421 e. The quantitative estimate of drug-likeness (QED) is 0.566. The van der Waals surface area contributed by atoms with Crippen molar-refractivity contribution in [1.29, 1.82) is 0 Å². The lowest BCUT2D eigenvalue weighted by Gasteiger charge is -2.32. The molecule has 1 saturated heterocycles. The smallest absolute Gasteiger partial charge is 0.247 e. The van der Waals surface area contributed by atoms with Crippen molar-refractivity contribution < 1.29 is 9.21 Å². The number of rotatable bonds is 7. The van der Waals surface area contributed by atoms with Crippen LogP contribution >= 0.6 is 0 Å². The van der Waals surface area contributed by atoms with Crippen LogP contribution in [0.4, 0.5) is 0 Å². The summed E-state index contributed by atoms with van der Waals surface area (Å²) < 4.78 is 5.71. The fraction of sp³-hybridized carbons (Fsp3) is 0.400. The fourth-order valence-electron chi connectivity index (χ4n) is 4.02. The molecule has 0 radical (unpaired) electrons. The van der Waals surface area contributed by atoms with Gasteiger partial charge in [-0.15, -0.1) is 10.2 Å². The number of hydrogen-bond donors (Lipinski definition) is 0. The number of likely N-dealkylation sites (tertiary alicyclic amines) is 1. The van der Waals surface area contributed by atoms with Crippen LogP contribution in [0.25, 0.3) is 11.5 Å². The number of benzene rings is 2. The summed E-state index contributed by atoms with van der Waals surface area (Å²) in [6.07, 6.45) is 5.43. The lowest BCUT2D eigenvalue weighted by Crippen LogP contribution is -2.38. The summed E-state index contributed by atoms with van der Waals surface area (Å²) >= 11 is 0. The second-order valence-electron chi connectivity index (χ2n) is 8.22. The van der Waals surface area contributed by atoms with Gasteiger partial charge in [-0.1, -0.05) is 48.0 Å². The van der Waals surface area contributed by atoms with Crippen LogP contribution in [0.15, 0.2) is 59.0 Å². The highest BCUT2D eigenvalue weighted by atomic mass is 16.4. The van der Waals surface area contributed by atoms with Crippen LogP contribution in [0.2, 0.25) is 0 Å². The summed E-state index contributed by atoms with van der Waals surface area (Å²) in [7, 11) is 0. The van der Waals surface area contributed by atoms with Gasteiger partial charge in [0.25, 0.3) is 0 Å². The number of aromatic nitrogens is 2. The highest BCUT2D eigenvalue weighted by Crippen LogP contribution is 2.23. The zero-order chi connectivity index (χ0) is 20.8. The van der Waals surface area contributed by atoms with Crippen molar-refractivity contribution in [1.82, 2.24) is 15.1 Å². The van der Waals surface area contributed by atoms with Crippen molar-refractivity contribution in [3.63, 3.8) is 0 Å². The minimum atomic E-state index is 0.187. The van der Waals surface area contributed by atoms with Gasteiger partial charge in [0, 0.05) is 31.5 Å². The van der Waals surface area contributed by atoms with Gasteiger partial charge >= 0.3 is 0 Å². The zero-order valence-electron chi connectivity index (χ0n) is 17.6. The summed E-state index contributed by atoms with van der Waals surface area (Å²) in [5, 5.41) is 8.19. The molecule has 0 bridgehead atoms. The maximum absolute atomic E-state index is 12.6. The summed E-state index contributed by atoms with van der Waals surface area (Å²) in [5.74, 6) is 1.92. The van der Waals surface area contributed by atoms with Crippen molar-refractivity contribution in [3.8, 4) is 11.5 Å². The Morgan fingerprint density at radius 3 is 2.47 bits per heavy atom. The van der Waals surface area contributed by atoms with Crippen LogP contribution in [0.3, 0.4) is 0 Å². The van der Waals surface area contributed by atoms with Crippen LogP contribution < -0.4 is 0 Å². The van der Waals surface area contributed by atoms with E-state index in [4.69, 9.17) is 4.42 Å². The van der Waals surface area contributed by atoms with Crippen LogP contribution in [0.5, 0.6) is 0 Å². The first-order chi connectivity index (χ1) is 14.7. The molecular formula is C25H29N3O2. The average molecular weight is 404 g/mol. The van der Waals surface area contributed by atoms with E-state index in [1.165, 1.54) is 17.5 Å². The van der Waals surface area contributed by atoms with Crippen molar-refractivity contribution in [2.45, 2.75) is 45.4 Å². The molecule has 1 amide bonds. The molecule has 156 valence electrons. The van der Waals surface area contributed by atoms with Gasteiger partial charge < -0.3 is 9.32 Å². The van der Waals surface area contributed by atoms with Gasteiger partial charge in [0.05, 0.1) is 0 Å². The summed E-state index contributed by atoms with van der Waals surface area (Å²) in [4.78, 5) is 14.6. The van der Waals surface area contributed by atoms with E-state index in [2.05, 4.69) is 41.4 Å². The molecule has 0 saturated carbocycles. The third kappa shape index (κ3) is 5.35. The van der Waals surface area contributed by atoms with Crippen molar-refractivity contribution in [2.24, 2.45) is 5.92 Å². The topological polar surface area (TPSA) is 59.2 Å². The van der Waals surface area contributed by atoms with Gasteiger partial charge in [0.15, 0.2) is 0 Å². The van der Waals surface area contributed by atoms with Crippen LogP contribution in [0, 0.1) is 12.8 Å². The average Bonchev–Trinajstić information content (AvgIpc) is 3.27. The molecule has 4 rings (SSSR count). The molecular weight excluding hydrogens is 374 g/mol. The molecule has 0 unspecified atom stereocenters. The van der Waals surface area contributed by atoms with Crippen molar-refractivity contribution >= 4 is 5.91 Å². The molecule has 1 aromatic heterocycles. The van der Waals surface area contributed by atoms with E-state index >= 15 is 0 Å². The molecule has 0 N–H and O–H groups in total. The number of carbonyl (C=O) groups excluding carboxylic acids is 1. The first kappa shape index (κ1) is 20.3. The Bertz CT molecular complexity index is 942. The second-order valence-corrected chi connectivity index (χ2v) is 8.22. The summed E-state index contributed by atoms with van der Waals surface area (Å²) in [6, 6.07) is 18.5. The maximum atomic E-state index is 12.6. The van der Waals surface area contributed by atoms with Crippen molar-refractivity contribution in [2.75, 3.05) is 13.1 Å². The second kappa shape index (κ2) is 9.70. The summed E-state index contributed by atoms with van der Waals surface area (Å²) in [6.45, 7) is 3.84. The standard InChI is InChI=1S/C25H29N3O2/c1-19-7-9-20(10-8-19)11-12-21-15-17-28(18-16-21)24(29)14-13-23-26-27-25(30-23)22-5-3-2-4-6-22/h2-10,21H,11-18H2,1H3. The van der Waals surface area contributed by atoms with E-state index in [1.54, 1.807) is 0 Å².